The summed E-state index contributed by atoms with van der Waals surface area (Å²) >= 11 is 10.4. The lowest BCUT2D eigenvalue weighted by atomic mass is 10.0. The van der Waals surface area contributed by atoms with Crippen LogP contribution >= 0.6 is 54.5 Å². The molecule has 0 amide bonds. The third-order valence-corrected chi connectivity index (χ3v) is 9.05. The third-order valence-electron chi connectivity index (χ3n) is 5.74. The van der Waals surface area contributed by atoms with E-state index in [1.54, 1.807) is 46.9 Å². The number of thiophene rings is 2. The molecule has 0 bridgehead atoms. The van der Waals surface area contributed by atoms with Gasteiger partial charge in [-0.15, -0.1) is 22.7 Å². The smallest absolute Gasteiger partial charge is 0.123 e. The molecule has 3 aromatic heterocycles. The monoisotopic (exact) mass is 638 g/mol. The van der Waals surface area contributed by atoms with E-state index in [2.05, 4.69) is 56.1 Å². The lowest BCUT2D eigenvalue weighted by Crippen LogP contribution is -1.98. The molecule has 176 valence electrons. The second kappa shape index (κ2) is 9.59. The molecule has 6 aromatic rings. The van der Waals surface area contributed by atoms with E-state index in [1.807, 2.05) is 12.1 Å². The van der Waals surface area contributed by atoms with Gasteiger partial charge in [0.15, 0.2) is 0 Å². The van der Waals surface area contributed by atoms with Gasteiger partial charge in [-0.05, 0) is 105 Å². The van der Waals surface area contributed by atoms with E-state index in [0.29, 0.717) is 11.4 Å². The van der Waals surface area contributed by atoms with Gasteiger partial charge >= 0.3 is 0 Å². The van der Waals surface area contributed by atoms with Crippen molar-refractivity contribution >= 4 is 65.6 Å². The zero-order valence-corrected chi connectivity index (χ0v) is 23.1. The van der Waals surface area contributed by atoms with E-state index in [1.165, 1.54) is 24.3 Å². The minimum atomic E-state index is -0.328. The summed E-state index contributed by atoms with van der Waals surface area (Å²) in [5.74, 6) is -0.656. The van der Waals surface area contributed by atoms with Crippen molar-refractivity contribution in [2.24, 2.45) is 0 Å². The van der Waals surface area contributed by atoms with Crippen LogP contribution in [0.2, 0.25) is 0 Å². The predicted molar refractivity (Wildman–Crippen MR) is 152 cm³/mol. The largest absolute Gasteiger partial charge is 0.243 e. The summed E-state index contributed by atoms with van der Waals surface area (Å²) in [5, 5.41) is 0. The zero-order valence-electron chi connectivity index (χ0n) is 18.3. The van der Waals surface area contributed by atoms with Gasteiger partial charge in [-0.2, -0.15) is 0 Å². The highest BCUT2D eigenvalue weighted by atomic mass is 79.9. The van der Waals surface area contributed by atoms with Crippen LogP contribution in [0.3, 0.4) is 0 Å². The Morgan fingerprint density at radius 1 is 0.500 bits per heavy atom. The number of halogens is 4. The summed E-state index contributed by atoms with van der Waals surface area (Å²) in [6, 6.07) is 24.7. The van der Waals surface area contributed by atoms with Gasteiger partial charge in [0.25, 0.3) is 0 Å². The Morgan fingerprint density at radius 2 is 0.889 bits per heavy atom. The molecule has 0 saturated carbocycles. The maximum atomic E-state index is 13.8. The number of fused-ring (bicyclic) bond motifs is 1. The van der Waals surface area contributed by atoms with Crippen LogP contribution in [0.15, 0.2) is 92.5 Å². The quantitative estimate of drug-likeness (QED) is 0.192. The van der Waals surface area contributed by atoms with Gasteiger partial charge in [0.05, 0.1) is 30.0 Å². The van der Waals surface area contributed by atoms with Crippen molar-refractivity contribution in [1.29, 1.82) is 0 Å². The second-order valence-corrected chi connectivity index (χ2v) is 12.9. The topological polar surface area (TPSA) is 25.8 Å². The first-order chi connectivity index (χ1) is 17.5. The summed E-state index contributed by atoms with van der Waals surface area (Å²) in [6.07, 6.45) is 0. The molecule has 0 spiro atoms. The molecule has 0 unspecified atom stereocenters. The third kappa shape index (κ3) is 4.43. The Kier molecular flexibility index (Phi) is 6.29. The Morgan fingerprint density at radius 3 is 1.22 bits per heavy atom. The molecule has 0 N–H and O–H groups in total. The van der Waals surface area contributed by atoms with Crippen molar-refractivity contribution in [2.45, 2.75) is 0 Å². The molecule has 0 radical (unpaired) electrons. The average molecular weight is 640 g/mol. The van der Waals surface area contributed by atoms with E-state index in [0.717, 1.165) is 50.6 Å². The summed E-state index contributed by atoms with van der Waals surface area (Å²) < 4.78 is 29.6. The number of hydrogen-bond donors (Lipinski definition) is 0. The van der Waals surface area contributed by atoms with Gasteiger partial charge in [-0.25, -0.2) is 18.7 Å². The number of nitrogens with zero attached hydrogens (tertiary/aromatic N) is 2. The molecule has 0 aliphatic heterocycles. The summed E-state index contributed by atoms with van der Waals surface area (Å²) in [5.41, 5.74) is 6.09. The van der Waals surface area contributed by atoms with Crippen LogP contribution < -0.4 is 0 Å². The lowest BCUT2D eigenvalue weighted by Gasteiger charge is -2.15. The van der Waals surface area contributed by atoms with Gasteiger partial charge < -0.3 is 0 Å². The minimum absolute atomic E-state index is 0.328. The maximum absolute atomic E-state index is 13.8. The Balaban J connectivity index is 1.72. The van der Waals surface area contributed by atoms with Crippen LogP contribution in [0.25, 0.3) is 54.4 Å². The highest BCUT2D eigenvalue weighted by Crippen LogP contribution is 2.42. The van der Waals surface area contributed by atoms with E-state index >= 15 is 0 Å². The summed E-state index contributed by atoms with van der Waals surface area (Å²) in [4.78, 5) is 12.4. The first-order valence-corrected chi connectivity index (χ1v) is 14.1. The van der Waals surface area contributed by atoms with Crippen LogP contribution in [-0.4, -0.2) is 9.97 Å². The van der Waals surface area contributed by atoms with Crippen LogP contribution in [0.4, 0.5) is 8.78 Å². The van der Waals surface area contributed by atoms with Crippen molar-refractivity contribution in [1.82, 2.24) is 9.97 Å². The first-order valence-electron chi connectivity index (χ1n) is 10.8. The molecular formula is C28H14Br2F2N2S2. The number of rotatable bonds is 4. The lowest BCUT2D eigenvalue weighted by molar-refractivity contribution is 0.627. The molecule has 0 aliphatic rings. The predicted octanol–water partition coefficient (Wildman–Crippen LogP) is 10.2. The average Bonchev–Trinajstić information content (AvgIpc) is 3.51. The summed E-state index contributed by atoms with van der Waals surface area (Å²) in [7, 11) is 0. The fourth-order valence-corrected chi connectivity index (χ4v) is 6.89. The fraction of sp³-hybridized carbons (Fsp3) is 0. The highest BCUT2D eigenvalue weighted by Gasteiger charge is 2.20. The Bertz CT molecular complexity index is 1600. The van der Waals surface area contributed by atoms with Gasteiger partial charge in [0.2, 0.25) is 0 Å². The molecule has 36 heavy (non-hydrogen) atoms. The van der Waals surface area contributed by atoms with Crippen LogP contribution in [0.5, 0.6) is 0 Å². The van der Waals surface area contributed by atoms with E-state index in [-0.39, 0.29) is 11.6 Å². The van der Waals surface area contributed by atoms with E-state index < -0.39 is 0 Å². The van der Waals surface area contributed by atoms with Crippen LogP contribution in [0, 0.1) is 11.6 Å². The Hall–Kier alpha value is -2.78. The minimum Gasteiger partial charge on any atom is -0.243 e. The molecule has 0 aliphatic carbocycles. The molecule has 0 atom stereocenters. The molecule has 8 heteroatoms. The van der Waals surface area contributed by atoms with Gasteiger partial charge in [0, 0.05) is 32.0 Å². The van der Waals surface area contributed by atoms with Crippen LogP contribution in [-0.2, 0) is 0 Å². The Labute approximate surface area is 230 Å². The van der Waals surface area contributed by atoms with Crippen LogP contribution in [0.1, 0.15) is 0 Å². The molecule has 0 saturated heterocycles. The molecule has 0 fully saturated rings. The second-order valence-electron chi connectivity index (χ2n) is 8.00. The van der Waals surface area contributed by atoms with Crippen molar-refractivity contribution in [3.63, 3.8) is 0 Å². The maximum Gasteiger partial charge on any atom is 0.123 e. The number of aromatic nitrogens is 2. The first kappa shape index (κ1) is 23.6. The van der Waals surface area contributed by atoms with Gasteiger partial charge in [0.1, 0.15) is 11.6 Å². The number of hydrogen-bond acceptors (Lipinski definition) is 4. The van der Waals surface area contributed by atoms with Crippen molar-refractivity contribution in [3.05, 3.63) is 104 Å². The SMILES string of the molecule is Fc1ccc(-c2nc3c(-c4ccc(Br)s4)ccc(-c4ccc(Br)s4)c3nc2-c2ccc(F)cc2)cc1. The van der Waals surface area contributed by atoms with Crippen molar-refractivity contribution in [3.8, 4) is 43.4 Å². The molecule has 3 aromatic carbocycles. The van der Waals surface area contributed by atoms with E-state index in [9.17, 15) is 8.78 Å². The molecule has 3 heterocycles. The van der Waals surface area contributed by atoms with Gasteiger partial charge in [-0.3, -0.25) is 0 Å². The fourth-order valence-electron chi connectivity index (χ4n) is 4.07. The highest BCUT2D eigenvalue weighted by molar-refractivity contribution is 9.11. The molecular weight excluding hydrogens is 626 g/mol. The van der Waals surface area contributed by atoms with Crippen molar-refractivity contribution < 1.29 is 8.78 Å². The van der Waals surface area contributed by atoms with E-state index in [4.69, 9.17) is 9.97 Å². The normalized spacial score (nSPS) is 11.3. The number of benzene rings is 3. The van der Waals surface area contributed by atoms with Crippen molar-refractivity contribution in [2.75, 3.05) is 0 Å². The molecule has 6 rings (SSSR count). The van der Waals surface area contributed by atoms with Gasteiger partial charge in [-0.1, -0.05) is 12.1 Å². The standard InChI is InChI=1S/C28H14Br2F2N2S2/c29-23-13-11-21(35-23)19-9-10-20(22-12-14-24(30)36-22)28-27(19)33-25(15-1-5-17(31)6-2-15)26(34-28)16-3-7-18(32)8-4-16/h1-14H. The zero-order chi connectivity index (χ0) is 24.8. The summed E-state index contributed by atoms with van der Waals surface area (Å²) in [6.45, 7) is 0. The molecule has 2 nitrogen and oxygen atoms in total.